The minimum atomic E-state index is 0.324. The van der Waals surface area contributed by atoms with Gasteiger partial charge in [-0.15, -0.1) is 0 Å². The Morgan fingerprint density at radius 3 is 2.23 bits per heavy atom. The van der Waals surface area contributed by atoms with Crippen LogP contribution in [0.25, 0.3) is 0 Å². The molecule has 0 saturated carbocycles. The molecule has 0 heterocycles. The highest BCUT2D eigenvalue weighted by atomic mass is 16.5. The molecule has 0 amide bonds. The van der Waals surface area contributed by atoms with Crippen LogP contribution in [-0.2, 0) is 19.4 Å². The van der Waals surface area contributed by atoms with E-state index in [1.165, 1.54) is 22.3 Å². The molecule has 3 aromatic carbocycles. The molecule has 26 heavy (non-hydrogen) atoms. The van der Waals surface area contributed by atoms with Crippen LogP contribution in [0.2, 0.25) is 0 Å². The smallest absolute Gasteiger partial charge is 0.120 e. The maximum Gasteiger partial charge on any atom is 0.120 e. The third-order valence-corrected chi connectivity index (χ3v) is 4.77. The molecule has 134 valence electrons. The van der Waals surface area contributed by atoms with Crippen molar-refractivity contribution in [2.75, 3.05) is 6.54 Å². The summed E-state index contributed by atoms with van der Waals surface area (Å²) >= 11 is 0. The molecule has 2 nitrogen and oxygen atoms in total. The summed E-state index contributed by atoms with van der Waals surface area (Å²) in [6.45, 7) is 3.40. The van der Waals surface area contributed by atoms with Crippen LogP contribution in [0.4, 0.5) is 0 Å². The lowest BCUT2D eigenvalue weighted by Crippen LogP contribution is -2.15. The van der Waals surface area contributed by atoms with Crippen molar-refractivity contribution in [1.29, 1.82) is 0 Å². The van der Waals surface area contributed by atoms with Crippen LogP contribution in [0, 0.1) is 0 Å². The van der Waals surface area contributed by atoms with E-state index >= 15 is 0 Å². The van der Waals surface area contributed by atoms with Crippen molar-refractivity contribution in [2.24, 2.45) is 5.73 Å². The second-order valence-corrected chi connectivity index (χ2v) is 6.65. The predicted molar refractivity (Wildman–Crippen MR) is 109 cm³/mol. The summed E-state index contributed by atoms with van der Waals surface area (Å²) in [4.78, 5) is 0. The summed E-state index contributed by atoms with van der Waals surface area (Å²) in [5.74, 6) is 1.23. The highest BCUT2D eigenvalue weighted by molar-refractivity contribution is 5.32. The van der Waals surface area contributed by atoms with E-state index in [0.29, 0.717) is 19.1 Å². The Hall–Kier alpha value is -2.58. The summed E-state index contributed by atoms with van der Waals surface area (Å²) in [5, 5.41) is 0. The van der Waals surface area contributed by atoms with Crippen molar-refractivity contribution < 1.29 is 4.74 Å². The van der Waals surface area contributed by atoms with Gasteiger partial charge >= 0.3 is 0 Å². The first-order chi connectivity index (χ1) is 12.8. The fourth-order valence-corrected chi connectivity index (χ4v) is 3.15. The molecule has 0 aliphatic rings. The normalized spacial score (nSPS) is 11.9. The number of aryl methyl sites for hydroxylation is 1. The van der Waals surface area contributed by atoms with E-state index in [9.17, 15) is 0 Å². The molecular weight excluding hydrogens is 318 g/mol. The molecule has 0 aliphatic carbocycles. The Balaban J connectivity index is 1.66. The minimum Gasteiger partial charge on any atom is -0.489 e. The van der Waals surface area contributed by atoms with Crippen LogP contribution in [0.5, 0.6) is 5.75 Å². The van der Waals surface area contributed by atoms with E-state index in [0.717, 1.165) is 18.6 Å². The van der Waals surface area contributed by atoms with Crippen molar-refractivity contribution in [3.8, 4) is 5.75 Å². The summed E-state index contributed by atoms with van der Waals surface area (Å²) in [6.07, 6.45) is 1.98. The Kier molecular flexibility index (Phi) is 6.45. The number of ether oxygens (including phenoxy) is 1. The van der Waals surface area contributed by atoms with E-state index in [-0.39, 0.29) is 0 Å². The number of hydrogen-bond donors (Lipinski definition) is 1. The van der Waals surface area contributed by atoms with Gasteiger partial charge in [0.1, 0.15) is 12.4 Å². The van der Waals surface area contributed by atoms with Gasteiger partial charge in [-0.05, 0) is 53.8 Å². The van der Waals surface area contributed by atoms with Crippen molar-refractivity contribution in [3.05, 3.63) is 101 Å². The predicted octanol–water partition coefficient (Wildman–Crippen LogP) is 5.11. The first-order valence-electron chi connectivity index (χ1n) is 9.33. The number of hydrogen-bond acceptors (Lipinski definition) is 2. The molecule has 2 N–H and O–H groups in total. The average molecular weight is 345 g/mol. The Bertz CT molecular complexity index is 796. The Morgan fingerprint density at radius 1 is 0.808 bits per heavy atom. The van der Waals surface area contributed by atoms with E-state index in [2.05, 4.69) is 61.5 Å². The molecule has 2 heteroatoms. The van der Waals surface area contributed by atoms with Crippen LogP contribution in [-0.4, -0.2) is 6.54 Å². The first-order valence-corrected chi connectivity index (χ1v) is 9.33. The third kappa shape index (κ3) is 4.96. The van der Waals surface area contributed by atoms with E-state index in [1.807, 2.05) is 24.3 Å². The SMILES string of the molecule is CCc1ccc(C(CN)Cc2cccc(OCc3ccccc3)c2)cc1. The Labute approximate surface area is 156 Å². The highest BCUT2D eigenvalue weighted by Gasteiger charge is 2.11. The summed E-state index contributed by atoms with van der Waals surface area (Å²) in [6, 6.07) is 27.4. The number of benzene rings is 3. The molecule has 0 bridgehead atoms. The fourth-order valence-electron chi connectivity index (χ4n) is 3.15. The molecule has 0 fully saturated rings. The quantitative estimate of drug-likeness (QED) is 0.615. The zero-order chi connectivity index (χ0) is 18.2. The van der Waals surface area contributed by atoms with Crippen LogP contribution in [0.1, 0.15) is 35.1 Å². The van der Waals surface area contributed by atoms with Crippen molar-refractivity contribution >= 4 is 0 Å². The monoisotopic (exact) mass is 345 g/mol. The summed E-state index contributed by atoms with van der Waals surface area (Å²) in [7, 11) is 0. The molecular formula is C24H27NO. The molecule has 0 aromatic heterocycles. The molecule has 1 unspecified atom stereocenters. The van der Waals surface area contributed by atoms with Crippen molar-refractivity contribution in [2.45, 2.75) is 32.3 Å². The van der Waals surface area contributed by atoms with E-state index in [4.69, 9.17) is 10.5 Å². The van der Waals surface area contributed by atoms with E-state index in [1.54, 1.807) is 0 Å². The van der Waals surface area contributed by atoms with Gasteiger partial charge in [-0.3, -0.25) is 0 Å². The van der Waals surface area contributed by atoms with Crippen LogP contribution >= 0.6 is 0 Å². The molecule has 3 aromatic rings. The van der Waals surface area contributed by atoms with Crippen LogP contribution in [0.15, 0.2) is 78.9 Å². The number of rotatable bonds is 8. The lowest BCUT2D eigenvalue weighted by molar-refractivity contribution is 0.306. The zero-order valence-electron chi connectivity index (χ0n) is 15.4. The lowest BCUT2D eigenvalue weighted by atomic mass is 9.91. The molecule has 1 atom stereocenters. The lowest BCUT2D eigenvalue weighted by Gasteiger charge is -2.16. The van der Waals surface area contributed by atoms with Crippen molar-refractivity contribution in [3.63, 3.8) is 0 Å². The van der Waals surface area contributed by atoms with Crippen LogP contribution < -0.4 is 10.5 Å². The second-order valence-electron chi connectivity index (χ2n) is 6.65. The maximum absolute atomic E-state index is 6.06. The van der Waals surface area contributed by atoms with Gasteiger partial charge in [0.15, 0.2) is 0 Å². The zero-order valence-corrected chi connectivity index (χ0v) is 15.4. The van der Waals surface area contributed by atoms with Crippen LogP contribution in [0.3, 0.4) is 0 Å². The minimum absolute atomic E-state index is 0.324. The summed E-state index contributed by atoms with van der Waals surface area (Å²) < 4.78 is 5.95. The largest absolute Gasteiger partial charge is 0.489 e. The van der Waals surface area contributed by atoms with Gasteiger partial charge in [0.05, 0.1) is 0 Å². The maximum atomic E-state index is 6.06. The Morgan fingerprint density at radius 2 is 1.54 bits per heavy atom. The molecule has 0 aliphatic heterocycles. The second kappa shape index (κ2) is 9.21. The highest BCUT2D eigenvalue weighted by Crippen LogP contribution is 2.23. The van der Waals surface area contributed by atoms with Gasteiger partial charge in [0.2, 0.25) is 0 Å². The van der Waals surface area contributed by atoms with E-state index < -0.39 is 0 Å². The van der Waals surface area contributed by atoms with Gasteiger partial charge in [-0.2, -0.15) is 0 Å². The average Bonchev–Trinajstić information content (AvgIpc) is 2.72. The number of nitrogens with two attached hydrogens (primary N) is 1. The molecule has 0 saturated heterocycles. The topological polar surface area (TPSA) is 35.2 Å². The van der Waals surface area contributed by atoms with Gasteiger partial charge in [0.25, 0.3) is 0 Å². The standard InChI is InChI=1S/C24H27NO/c1-2-19-11-13-22(14-12-19)23(17-25)15-21-9-6-10-24(16-21)26-18-20-7-4-3-5-8-20/h3-14,16,23H,2,15,17-18,25H2,1H3. The molecule has 3 rings (SSSR count). The van der Waals surface area contributed by atoms with Gasteiger partial charge in [-0.25, -0.2) is 0 Å². The molecule has 0 spiro atoms. The first kappa shape index (κ1) is 18.2. The molecule has 0 radical (unpaired) electrons. The fraction of sp³-hybridized carbons (Fsp3) is 0.250. The van der Waals surface area contributed by atoms with Gasteiger partial charge in [-0.1, -0.05) is 73.7 Å². The van der Waals surface area contributed by atoms with Crippen molar-refractivity contribution in [1.82, 2.24) is 0 Å². The summed E-state index contributed by atoms with van der Waals surface area (Å²) in [5.41, 5.74) is 11.2. The van der Waals surface area contributed by atoms with Gasteiger partial charge in [0, 0.05) is 5.92 Å². The third-order valence-electron chi connectivity index (χ3n) is 4.77. The van der Waals surface area contributed by atoms with Gasteiger partial charge < -0.3 is 10.5 Å².